The third-order valence-electron chi connectivity index (χ3n) is 4.93. The maximum atomic E-state index is 12.8. The molecule has 0 radical (unpaired) electrons. The van der Waals surface area contributed by atoms with Crippen LogP contribution in [0.4, 0.5) is 5.69 Å². The SMILES string of the molecule is COc1ccc(NC(=O)[C@H]2[C@H](C(=O)O)[C@H]3C=C[C@H]2C3=C(C)C)cc1. The molecule has 3 rings (SSSR count). The largest absolute Gasteiger partial charge is 0.497 e. The number of fused-ring (bicyclic) bond motifs is 2. The van der Waals surface area contributed by atoms with E-state index < -0.39 is 17.8 Å². The first-order valence-electron chi connectivity index (χ1n) is 7.97. The van der Waals surface area contributed by atoms with E-state index in [-0.39, 0.29) is 17.7 Å². The third-order valence-corrected chi connectivity index (χ3v) is 4.93. The van der Waals surface area contributed by atoms with Gasteiger partial charge in [0, 0.05) is 17.5 Å². The first-order valence-corrected chi connectivity index (χ1v) is 7.97. The highest BCUT2D eigenvalue weighted by Crippen LogP contribution is 2.53. The lowest BCUT2D eigenvalue weighted by Gasteiger charge is -2.23. The van der Waals surface area contributed by atoms with Crippen LogP contribution in [-0.4, -0.2) is 24.1 Å². The summed E-state index contributed by atoms with van der Waals surface area (Å²) in [6.07, 6.45) is 3.91. The number of amides is 1. The monoisotopic (exact) mass is 327 g/mol. The van der Waals surface area contributed by atoms with Crippen molar-refractivity contribution in [1.29, 1.82) is 0 Å². The standard InChI is InChI=1S/C19H21NO4/c1-10(2)15-13-8-9-14(15)17(19(22)23)16(13)18(21)20-11-4-6-12(24-3)7-5-11/h4-9,13-14,16-17H,1-3H3,(H,20,21)(H,22,23)/t13-,14-,16+,17+/m0/s1. The molecule has 0 aliphatic heterocycles. The van der Waals surface area contributed by atoms with Gasteiger partial charge in [-0.2, -0.15) is 0 Å². The zero-order chi connectivity index (χ0) is 17.4. The highest BCUT2D eigenvalue weighted by molar-refractivity contribution is 5.97. The van der Waals surface area contributed by atoms with Crippen LogP contribution in [-0.2, 0) is 9.59 Å². The minimum atomic E-state index is -0.916. The molecule has 1 fully saturated rings. The number of nitrogens with one attached hydrogen (secondary N) is 1. The van der Waals surface area contributed by atoms with E-state index in [9.17, 15) is 14.7 Å². The van der Waals surface area contributed by atoms with Crippen molar-refractivity contribution in [2.75, 3.05) is 12.4 Å². The minimum Gasteiger partial charge on any atom is -0.497 e. The summed E-state index contributed by atoms with van der Waals surface area (Å²) in [6, 6.07) is 7.01. The summed E-state index contributed by atoms with van der Waals surface area (Å²) < 4.78 is 5.10. The zero-order valence-corrected chi connectivity index (χ0v) is 13.9. The molecule has 5 heteroatoms. The summed E-state index contributed by atoms with van der Waals surface area (Å²) in [6.45, 7) is 3.95. The fraction of sp³-hybridized carbons (Fsp3) is 0.368. The van der Waals surface area contributed by atoms with Crippen molar-refractivity contribution < 1.29 is 19.4 Å². The smallest absolute Gasteiger partial charge is 0.308 e. The minimum absolute atomic E-state index is 0.126. The van der Waals surface area contributed by atoms with Crippen molar-refractivity contribution in [1.82, 2.24) is 0 Å². The van der Waals surface area contributed by atoms with Crippen LogP contribution >= 0.6 is 0 Å². The number of carbonyl (C=O) groups is 2. The number of rotatable bonds is 4. The van der Waals surface area contributed by atoms with Gasteiger partial charge in [-0.05, 0) is 38.1 Å². The van der Waals surface area contributed by atoms with E-state index in [0.29, 0.717) is 11.4 Å². The van der Waals surface area contributed by atoms with Gasteiger partial charge in [0.2, 0.25) is 5.91 Å². The Morgan fingerprint density at radius 1 is 1.04 bits per heavy atom. The van der Waals surface area contributed by atoms with Gasteiger partial charge in [0.15, 0.2) is 0 Å². The van der Waals surface area contributed by atoms with E-state index in [2.05, 4.69) is 5.32 Å². The summed E-state index contributed by atoms with van der Waals surface area (Å²) in [5.41, 5.74) is 2.81. The molecular formula is C19H21NO4. The predicted octanol–water partition coefficient (Wildman–Crippen LogP) is 3.10. The number of carboxylic acid groups (broad SMARTS) is 1. The second-order valence-corrected chi connectivity index (χ2v) is 6.50. The molecule has 0 unspecified atom stereocenters. The fourth-order valence-electron chi connectivity index (χ4n) is 3.94. The molecule has 1 saturated carbocycles. The molecule has 126 valence electrons. The van der Waals surface area contributed by atoms with E-state index in [4.69, 9.17) is 4.74 Å². The van der Waals surface area contributed by atoms with Gasteiger partial charge < -0.3 is 15.2 Å². The topological polar surface area (TPSA) is 75.6 Å². The van der Waals surface area contributed by atoms with Gasteiger partial charge in [-0.25, -0.2) is 0 Å². The van der Waals surface area contributed by atoms with Gasteiger partial charge in [-0.15, -0.1) is 0 Å². The summed E-state index contributed by atoms with van der Waals surface area (Å²) in [7, 11) is 1.58. The lowest BCUT2D eigenvalue weighted by Crippen LogP contribution is -2.36. The lowest BCUT2D eigenvalue weighted by molar-refractivity contribution is -0.146. The summed E-state index contributed by atoms with van der Waals surface area (Å²) in [4.78, 5) is 24.5. The predicted molar refractivity (Wildman–Crippen MR) is 90.7 cm³/mol. The van der Waals surface area contributed by atoms with E-state index in [0.717, 1.165) is 11.1 Å². The highest BCUT2D eigenvalue weighted by atomic mass is 16.5. The van der Waals surface area contributed by atoms with Crippen molar-refractivity contribution >= 4 is 17.6 Å². The number of anilines is 1. The Hall–Kier alpha value is -2.56. The zero-order valence-electron chi connectivity index (χ0n) is 13.9. The lowest BCUT2D eigenvalue weighted by atomic mass is 9.82. The highest BCUT2D eigenvalue weighted by Gasteiger charge is 2.54. The van der Waals surface area contributed by atoms with Gasteiger partial charge in [0.1, 0.15) is 5.75 Å². The van der Waals surface area contributed by atoms with Gasteiger partial charge in [-0.3, -0.25) is 9.59 Å². The molecule has 2 N–H and O–H groups in total. The Balaban J connectivity index is 1.86. The second kappa shape index (κ2) is 6.15. The molecule has 2 aliphatic carbocycles. The molecule has 24 heavy (non-hydrogen) atoms. The van der Waals surface area contributed by atoms with Gasteiger partial charge in [0.25, 0.3) is 0 Å². The molecule has 1 aromatic carbocycles. The molecule has 1 amide bonds. The van der Waals surface area contributed by atoms with Crippen molar-refractivity contribution in [3.05, 3.63) is 47.6 Å². The Morgan fingerprint density at radius 3 is 2.12 bits per heavy atom. The van der Waals surface area contributed by atoms with Crippen molar-refractivity contribution in [3.8, 4) is 5.75 Å². The molecule has 0 heterocycles. The molecule has 2 aliphatic rings. The van der Waals surface area contributed by atoms with Crippen LogP contribution in [0.1, 0.15) is 13.8 Å². The van der Waals surface area contributed by atoms with Crippen LogP contribution in [0.15, 0.2) is 47.6 Å². The van der Waals surface area contributed by atoms with Crippen LogP contribution in [0.5, 0.6) is 5.75 Å². The molecule has 4 atom stereocenters. The number of hydrogen-bond acceptors (Lipinski definition) is 3. The van der Waals surface area contributed by atoms with Crippen LogP contribution in [0, 0.1) is 23.7 Å². The van der Waals surface area contributed by atoms with E-state index >= 15 is 0 Å². The third kappa shape index (κ3) is 2.60. The molecule has 0 aromatic heterocycles. The summed E-state index contributed by atoms with van der Waals surface area (Å²) in [5, 5.41) is 12.5. The molecule has 0 spiro atoms. The Kier molecular flexibility index (Phi) is 4.18. The van der Waals surface area contributed by atoms with Crippen LogP contribution < -0.4 is 10.1 Å². The Morgan fingerprint density at radius 2 is 1.62 bits per heavy atom. The molecule has 1 aromatic rings. The average molecular weight is 327 g/mol. The maximum Gasteiger partial charge on any atom is 0.308 e. The Bertz CT molecular complexity index is 728. The van der Waals surface area contributed by atoms with Crippen LogP contribution in [0.3, 0.4) is 0 Å². The van der Waals surface area contributed by atoms with Crippen LogP contribution in [0.25, 0.3) is 0 Å². The quantitative estimate of drug-likeness (QED) is 0.833. The summed E-state index contributed by atoms with van der Waals surface area (Å²) >= 11 is 0. The van der Waals surface area contributed by atoms with Crippen molar-refractivity contribution in [3.63, 3.8) is 0 Å². The molecule has 5 nitrogen and oxygen atoms in total. The van der Waals surface area contributed by atoms with E-state index in [1.165, 1.54) is 0 Å². The van der Waals surface area contributed by atoms with Crippen LogP contribution in [0.2, 0.25) is 0 Å². The van der Waals surface area contributed by atoms with E-state index in [1.54, 1.807) is 31.4 Å². The molecule has 0 saturated heterocycles. The first-order chi connectivity index (χ1) is 11.4. The number of aliphatic carboxylic acids is 1. The number of methoxy groups -OCH3 is 1. The number of allylic oxidation sites excluding steroid dienone is 4. The fourth-order valence-corrected chi connectivity index (χ4v) is 3.94. The van der Waals surface area contributed by atoms with Crippen molar-refractivity contribution in [2.45, 2.75) is 13.8 Å². The number of benzene rings is 1. The average Bonchev–Trinajstić information content (AvgIpc) is 3.11. The van der Waals surface area contributed by atoms with Gasteiger partial charge >= 0.3 is 5.97 Å². The first kappa shape index (κ1) is 16.3. The van der Waals surface area contributed by atoms with Gasteiger partial charge in [-0.1, -0.05) is 23.3 Å². The number of ether oxygens (including phenoxy) is 1. The number of carbonyl (C=O) groups excluding carboxylic acids is 1. The number of hydrogen-bond donors (Lipinski definition) is 2. The molecular weight excluding hydrogens is 306 g/mol. The maximum absolute atomic E-state index is 12.8. The van der Waals surface area contributed by atoms with E-state index in [1.807, 2.05) is 26.0 Å². The normalized spacial score (nSPS) is 27.2. The van der Waals surface area contributed by atoms with Crippen molar-refractivity contribution in [2.24, 2.45) is 23.7 Å². The number of carboxylic acids is 1. The van der Waals surface area contributed by atoms with Gasteiger partial charge in [0.05, 0.1) is 18.9 Å². The molecule has 2 bridgehead atoms. The summed E-state index contributed by atoms with van der Waals surface area (Å²) in [5.74, 6) is -2.05. The second-order valence-electron chi connectivity index (χ2n) is 6.50. The Labute approximate surface area is 141 Å².